The number of hydrogen-bond acceptors (Lipinski definition) is 3. The lowest BCUT2D eigenvalue weighted by Gasteiger charge is -2.29. The molecule has 1 aliphatic heterocycles. The van der Waals surface area contributed by atoms with Gasteiger partial charge in [0.2, 0.25) is 0 Å². The number of hydrogen-bond donors (Lipinski definition) is 0. The molecule has 0 radical (unpaired) electrons. The Morgan fingerprint density at radius 2 is 2.31 bits per heavy atom. The fourth-order valence-corrected chi connectivity index (χ4v) is 2.09. The smallest absolute Gasteiger partial charge is 0.0979 e. The van der Waals surface area contributed by atoms with Crippen molar-refractivity contribution in [2.75, 3.05) is 19.8 Å². The van der Waals surface area contributed by atoms with Crippen molar-refractivity contribution >= 4 is 11.6 Å². The number of nitrogens with zero attached hydrogens (tertiary/aromatic N) is 1. The molecular weight excluding hydrogens is 226 g/mol. The van der Waals surface area contributed by atoms with Gasteiger partial charge in [0, 0.05) is 17.8 Å². The first-order chi connectivity index (χ1) is 7.79. The van der Waals surface area contributed by atoms with Crippen molar-refractivity contribution in [3.05, 3.63) is 30.1 Å². The number of pyridine rings is 1. The van der Waals surface area contributed by atoms with Crippen LogP contribution in [0.4, 0.5) is 0 Å². The van der Waals surface area contributed by atoms with Crippen LogP contribution in [0.1, 0.15) is 18.5 Å². The Kier molecular flexibility index (Phi) is 4.16. The zero-order valence-electron chi connectivity index (χ0n) is 9.30. The summed E-state index contributed by atoms with van der Waals surface area (Å²) in [6.07, 6.45) is 1.75. The molecule has 3 nitrogen and oxygen atoms in total. The number of alkyl halides is 1. The summed E-state index contributed by atoms with van der Waals surface area (Å²) in [6, 6.07) is 5.87. The molecular formula is C12H16ClNO2. The zero-order chi connectivity index (χ0) is 11.4. The molecule has 0 spiro atoms. The van der Waals surface area contributed by atoms with Crippen molar-refractivity contribution in [3.63, 3.8) is 0 Å². The monoisotopic (exact) mass is 241 g/mol. The molecule has 0 aromatic carbocycles. The van der Waals surface area contributed by atoms with Crippen LogP contribution in [0.25, 0.3) is 0 Å². The van der Waals surface area contributed by atoms with E-state index in [2.05, 4.69) is 11.9 Å². The first-order valence-corrected chi connectivity index (χ1v) is 5.97. The summed E-state index contributed by atoms with van der Waals surface area (Å²) in [6.45, 7) is 3.93. The first-order valence-electron chi connectivity index (χ1n) is 5.53. The van der Waals surface area contributed by atoms with Gasteiger partial charge in [0.1, 0.15) is 0 Å². The quantitative estimate of drug-likeness (QED) is 0.761. The van der Waals surface area contributed by atoms with E-state index in [0.717, 1.165) is 5.69 Å². The van der Waals surface area contributed by atoms with Crippen molar-refractivity contribution in [3.8, 4) is 0 Å². The molecule has 16 heavy (non-hydrogen) atoms. The maximum absolute atomic E-state index is 6.40. The van der Waals surface area contributed by atoms with E-state index in [0.29, 0.717) is 19.8 Å². The lowest BCUT2D eigenvalue weighted by molar-refractivity contribution is -0.0905. The fourth-order valence-electron chi connectivity index (χ4n) is 1.82. The Morgan fingerprint density at radius 3 is 2.94 bits per heavy atom. The molecule has 1 aliphatic rings. The normalized spacial score (nSPS) is 25.0. The van der Waals surface area contributed by atoms with Crippen molar-refractivity contribution in [2.45, 2.75) is 24.3 Å². The molecule has 2 heterocycles. The van der Waals surface area contributed by atoms with Gasteiger partial charge in [-0.05, 0) is 12.1 Å². The number of rotatable bonds is 3. The van der Waals surface area contributed by atoms with Crippen LogP contribution in [-0.2, 0) is 9.47 Å². The Bertz CT molecular complexity index is 314. The predicted molar refractivity (Wildman–Crippen MR) is 62.9 cm³/mol. The molecule has 3 atom stereocenters. The largest absolute Gasteiger partial charge is 0.376 e. The summed E-state index contributed by atoms with van der Waals surface area (Å²) in [5.74, 6) is 0.162. The van der Waals surface area contributed by atoms with E-state index >= 15 is 0 Å². The molecule has 2 rings (SSSR count). The molecule has 0 bridgehead atoms. The van der Waals surface area contributed by atoms with Gasteiger partial charge in [0.15, 0.2) is 0 Å². The number of halogens is 1. The van der Waals surface area contributed by atoms with Gasteiger partial charge in [-0.25, -0.2) is 0 Å². The number of aromatic nitrogens is 1. The Hall–Kier alpha value is -0.640. The van der Waals surface area contributed by atoms with Gasteiger partial charge in [0.25, 0.3) is 0 Å². The predicted octanol–water partition coefficient (Wildman–Crippen LogP) is 2.21. The topological polar surface area (TPSA) is 31.4 Å². The van der Waals surface area contributed by atoms with Crippen LogP contribution < -0.4 is 0 Å². The summed E-state index contributed by atoms with van der Waals surface area (Å²) < 4.78 is 11.0. The van der Waals surface area contributed by atoms with Gasteiger partial charge >= 0.3 is 0 Å². The molecule has 1 aromatic rings. The van der Waals surface area contributed by atoms with Crippen LogP contribution in [0.5, 0.6) is 0 Å². The summed E-state index contributed by atoms with van der Waals surface area (Å²) in [5.41, 5.74) is 0.997. The molecule has 4 heteroatoms. The molecule has 0 aliphatic carbocycles. The Labute approximate surface area is 101 Å². The van der Waals surface area contributed by atoms with Crippen LogP contribution in [-0.4, -0.2) is 36.3 Å². The number of ether oxygens (including phenoxy) is 2. The maximum atomic E-state index is 6.40. The van der Waals surface area contributed by atoms with Gasteiger partial charge in [-0.2, -0.15) is 0 Å². The first kappa shape index (κ1) is 11.8. The second-order valence-electron chi connectivity index (χ2n) is 3.97. The van der Waals surface area contributed by atoms with Gasteiger partial charge in [-0.15, -0.1) is 11.6 Å². The summed E-state index contributed by atoms with van der Waals surface area (Å²) in [5, 5.41) is -0.102. The van der Waals surface area contributed by atoms with Crippen LogP contribution >= 0.6 is 11.6 Å². The summed E-state index contributed by atoms with van der Waals surface area (Å²) >= 11 is 6.40. The SMILES string of the molecule is CC(c1ccccn1)C(Cl)C1COCCO1. The average Bonchev–Trinajstić information content (AvgIpc) is 2.39. The highest BCUT2D eigenvalue weighted by Crippen LogP contribution is 2.26. The Balaban J connectivity index is 2.00. The van der Waals surface area contributed by atoms with Gasteiger partial charge in [-0.1, -0.05) is 13.0 Å². The molecule has 1 saturated heterocycles. The van der Waals surface area contributed by atoms with Crippen LogP contribution in [0.3, 0.4) is 0 Å². The standard InChI is InChI=1S/C12H16ClNO2/c1-9(10-4-2-3-5-14-10)12(13)11-8-15-6-7-16-11/h2-5,9,11-12H,6-8H2,1H3. The third-order valence-corrected chi connectivity index (χ3v) is 3.49. The van der Waals surface area contributed by atoms with Gasteiger partial charge < -0.3 is 9.47 Å². The van der Waals surface area contributed by atoms with E-state index in [1.54, 1.807) is 6.20 Å². The third kappa shape index (κ3) is 2.73. The highest BCUT2D eigenvalue weighted by atomic mass is 35.5. The van der Waals surface area contributed by atoms with Crippen LogP contribution in [0, 0.1) is 0 Å². The second-order valence-corrected chi connectivity index (χ2v) is 4.48. The Morgan fingerprint density at radius 1 is 1.44 bits per heavy atom. The van der Waals surface area contributed by atoms with Crippen molar-refractivity contribution in [1.29, 1.82) is 0 Å². The average molecular weight is 242 g/mol. The third-order valence-electron chi connectivity index (χ3n) is 2.83. The zero-order valence-corrected chi connectivity index (χ0v) is 10.1. The maximum Gasteiger partial charge on any atom is 0.0979 e. The minimum atomic E-state index is -0.102. The molecule has 1 aromatic heterocycles. The van der Waals surface area contributed by atoms with E-state index < -0.39 is 0 Å². The highest BCUT2D eigenvalue weighted by molar-refractivity contribution is 6.21. The summed E-state index contributed by atoms with van der Waals surface area (Å²) in [7, 11) is 0. The van der Waals surface area contributed by atoms with Crippen molar-refractivity contribution in [1.82, 2.24) is 4.98 Å². The van der Waals surface area contributed by atoms with Gasteiger partial charge in [-0.3, -0.25) is 4.98 Å². The second kappa shape index (κ2) is 5.62. The van der Waals surface area contributed by atoms with E-state index in [1.807, 2.05) is 18.2 Å². The molecule has 0 amide bonds. The molecule has 88 valence electrons. The molecule has 0 N–H and O–H groups in total. The van der Waals surface area contributed by atoms with E-state index in [1.165, 1.54) is 0 Å². The summed E-state index contributed by atoms with van der Waals surface area (Å²) in [4.78, 5) is 4.31. The van der Waals surface area contributed by atoms with Crippen molar-refractivity contribution in [2.24, 2.45) is 0 Å². The lowest BCUT2D eigenvalue weighted by Crippen LogP contribution is -2.38. The highest BCUT2D eigenvalue weighted by Gasteiger charge is 2.29. The lowest BCUT2D eigenvalue weighted by atomic mass is 9.98. The molecule has 3 unspecified atom stereocenters. The van der Waals surface area contributed by atoms with E-state index in [-0.39, 0.29) is 17.4 Å². The van der Waals surface area contributed by atoms with Crippen molar-refractivity contribution < 1.29 is 9.47 Å². The van der Waals surface area contributed by atoms with E-state index in [4.69, 9.17) is 21.1 Å². The fraction of sp³-hybridized carbons (Fsp3) is 0.583. The minimum Gasteiger partial charge on any atom is -0.376 e. The molecule has 1 fully saturated rings. The van der Waals surface area contributed by atoms with Crippen LogP contribution in [0.2, 0.25) is 0 Å². The van der Waals surface area contributed by atoms with Gasteiger partial charge in [0.05, 0.1) is 31.3 Å². The van der Waals surface area contributed by atoms with Crippen LogP contribution in [0.15, 0.2) is 24.4 Å². The molecule has 0 saturated carbocycles. The minimum absolute atomic E-state index is 0.0348. The van der Waals surface area contributed by atoms with E-state index in [9.17, 15) is 0 Å².